The predicted octanol–water partition coefficient (Wildman–Crippen LogP) is 3.97. The van der Waals surface area contributed by atoms with E-state index in [0.717, 1.165) is 4.68 Å². The minimum Gasteiger partial charge on any atom is -0.480 e. The highest BCUT2D eigenvalue weighted by molar-refractivity contribution is 6.00. The Balaban J connectivity index is 1.66. The van der Waals surface area contributed by atoms with Gasteiger partial charge in [-0.2, -0.15) is 18.3 Å². The molecule has 200 valence electrons. The second-order valence-electron chi connectivity index (χ2n) is 10.4. The van der Waals surface area contributed by atoms with Crippen molar-refractivity contribution in [3.05, 3.63) is 40.7 Å². The summed E-state index contributed by atoms with van der Waals surface area (Å²) in [6, 6.07) is 4.32. The maximum Gasteiger partial charge on any atom is 0.435 e. The topological polar surface area (TPSA) is 137 Å². The molecule has 0 bridgehead atoms. The van der Waals surface area contributed by atoms with Gasteiger partial charge in [0, 0.05) is 18.2 Å². The molecule has 2 aliphatic carbocycles. The molecule has 1 aromatic carbocycles. The summed E-state index contributed by atoms with van der Waals surface area (Å²) in [6.07, 6.45) is -2.31. The van der Waals surface area contributed by atoms with Gasteiger partial charge >= 0.3 is 12.1 Å². The SMILES string of the molecule is CC1(C)CC(=O)c2c(C(F)(F)F)nn(-c3ccc(C(N)=O)c(N[C@H]4CC[C@H](OCC(=O)O)CC4)c3)c2C1. The van der Waals surface area contributed by atoms with Crippen molar-refractivity contribution in [2.45, 2.75) is 70.7 Å². The second kappa shape index (κ2) is 9.81. The first-order valence-corrected chi connectivity index (χ1v) is 12.0. The third-order valence-corrected chi connectivity index (χ3v) is 6.80. The summed E-state index contributed by atoms with van der Waals surface area (Å²) in [7, 11) is 0. The largest absolute Gasteiger partial charge is 0.480 e. The molecule has 1 saturated carbocycles. The molecule has 0 atom stereocenters. The number of halogens is 3. The van der Waals surface area contributed by atoms with Crippen molar-refractivity contribution in [2.75, 3.05) is 11.9 Å². The van der Waals surface area contributed by atoms with Gasteiger partial charge in [0.25, 0.3) is 5.91 Å². The Morgan fingerprint density at radius 1 is 1.22 bits per heavy atom. The molecule has 1 fully saturated rings. The van der Waals surface area contributed by atoms with Crippen LogP contribution in [0.2, 0.25) is 0 Å². The maximum atomic E-state index is 13.8. The van der Waals surface area contributed by atoms with Crippen LogP contribution < -0.4 is 11.1 Å². The van der Waals surface area contributed by atoms with Crippen molar-refractivity contribution in [1.29, 1.82) is 0 Å². The molecule has 0 aliphatic heterocycles. The number of primary amides is 1. The quantitative estimate of drug-likeness (QED) is 0.501. The number of carbonyl (C=O) groups is 3. The normalized spacial score (nSPS) is 21.4. The van der Waals surface area contributed by atoms with Crippen molar-refractivity contribution in [3.8, 4) is 5.69 Å². The van der Waals surface area contributed by atoms with E-state index in [0.29, 0.717) is 31.4 Å². The highest BCUT2D eigenvalue weighted by Gasteiger charge is 2.45. The van der Waals surface area contributed by atoms with Gasteiger partial charge in [-0.1, -0.05) is 13.8 Å². The van der Waals surface area contributed by atoms with E-state index in [9.17, 15) is 27.6 Å². The summed E-state index contributed by atoms with van der Waals surface area (Å²) < 4.78 is 47.9. The highest BCUT2D eigenvalue weighted by atomic mass is 19.4. The number of carboxylic acid groups (broad SMARTS) is 1. The number of alkyl halides is 3. The number of carboxylic acids is 1. The molecule has 1 aromatic heterocycles. The van der Waals surface area contributed by atoms with Crippen molar-refractivity contribution in [3.63, 3.8) is 0 Å². The first-order chi connectivity index (χ1) is 17.2. The van der Waals surface area contributed by atoms with E-state index in [2.05, 4.69) is 10.4 Å². The number of hydrogen-bond donors (Lipinski definition) is 3. The number of aromatic nitrogens is 2. The molecule has 12 heteroatoms. The van der Waals surface area contributed by atoms with E-state index in [1.807, 2.05) is 13.8 Å². The van der Waals surface area contributed by atoms with Gasteiger partial charge in [0.05, 0.1) is 28.6 Å². The number of ether oxygens (including phenoxy) is 1. The summed E-state index contributed by atoms with van der Waals surface area (Å²) in [6.45, 7) is 3.26. The number of fused-ring (bicyclic) bond motifs is 1. The number of hydrogen-bond acceptors (Lipinski definition) is 6. The number of carbonyl (C=O) groups excluding carboxylic acids is 2. The number of nitrogens with two attached hydrogens (primary N) is 1. The van der Waals surface area contributed by atoms with Crippen molar-refractivity contribution < 1.29 is 37.4 Å². The Bertz CT molecular complexity index is 1230. The van der Waals surface area contributed by atoms with Gasteiger partial charge in [0.15, 0.2) is 11.5 Å². The number of rotatable bonds is 7. The lowest BCUT2D eigenvalue weighted by Crippen LogP contribution is -2.31. The Morgan fingerprint density at radius 2 is 1.89 bits per heavy atom. The number of nitrogens with one attached hydrogen (secondary N) is 1. The molecule has 0 unspecified atom stereocenters. The molecule has 4 N–H and O–H groups in total. The highest BCUT2D eigenvalue weighted by Crippen LogP contribution is 2.42. The van der Waals surface area contributed by atoms with Gasteiger partial charge in [-0.3, -0.25) is 9.59 Å². The minimum absolute atomic E-state index is 0.0129. The van der Waals surface area contributed by atoms with Crippen LogP contribution in [0.1, 0.15) is 78.1 Å². The van der Waals surface area contributed by atoms with E-state index >= 15 is 0 Å². The number of anilines is 1. The van der Waals surface area contributed by atoms with Crippen LogP contribution >= 0.6 is 0 Å². The number of aliphatic carboxylic acids is 1. The third kappa shape index (κ3) is 5.79. The molecule has 2 aromatic rings. The smallest absolute Gasteiger partial charge is 0.435 e. The molecular formula is C25H29F3N4O5. The minimum atomic E-state index is -4.80. The molecule has 37 heavy (non-hydrogen) atoms. The zero-order valence-corrected chi connectivity index (χ0v) is 20.5. The summed E-state index contributed by atoms with van der Waals surface area (Å²) in [5.41, 5.74) is 4.36. The van der Waals surface area contributed by atoms with Crippen LogP contribution in [-0.4, -0.2) is 51.3 Å². The standard InChI is InChI=1S/C25H29F3N4O5/c1-24(2)10-18-21(19(33)11-24)22(25(26,27)28)31-32(18)14-5-8-16(23(29)36)17(9-14)30-13-3-6-15(7-4-13)37-12-20(34)35/h5,8-9,13,15,30H,3-4,6-7,10-12H2,1-2H3,(H2,29,36)(H,34,35)/t13-,15-. The zero-order valence-electron chi connectivity index (χ0n) is 20.5. The Labute approximate surface area is 211 Å². The van der Waals surface area contributed by atoms with Crippen LogP contribution in [0.15, 0.2) is 18.2 Å². The lowest BCUT2D eigenvalue weighted by Gasteiger charge is -2.30. The van der Waals surface area contributed by atoms with Crippen LogP contribution in [0.5, 0.6) is 0 Å². The lowest BCUT2D eigenvalue weighted by atomic mass is 9.75. The summed E-state index contributed by atoms with van der Waals surface area (Å²) in [5.74, 6) is -2.34. The van der Waals surface area contributed by atoms with Crippen LogP contribution in [0.25, 0.3) is 5.69 Å². The average Bonchev–Trinajstić information content (AvgIpc) is 3.17. The molecule has 0 saturated heterocycles. The number of nitrogens with zero attached hydrogens (tertiary/aromatic N) is 2. The number of amides is 1. The van der Waals surface area contributed by atoms with Crippen molar-refractivity contribution >= 4 is 23.3 Å². The van der Waals surface area contributed by atoms with Crippen molar-refractivity contribution in [2.24, 2.45) is 11.1 Å². The van der Waals surface area contributed by atoms with Crippen molar-refractivity contribution in [1.82, 2.24) is 9.78 Å². The van der Waals surface area contributed by atoms with Gasteiger partial charge in [-0.25, -0.2) is 9.48 Å². The first-order valence-electron chi connectivity index (χ1n) is 12.0. The average molecular weight is 523 g/mol. The van der Waals surface area contributed by atoms with Gasteiger partial charge < -0.3 is 20.9 Å². The fourth-order valence-corrected chi connectivity index (χ4v) is 5.14. The van der Waals surface area contributed by atoms with Crippen LogP contribution in [0.4, 0.5) is 18.9 Å². The number of Topliss-reactive ketones (excluding diaryl/α,β-unsaturated/α-hetero) is 1. The van der Waals surface area contributed by atoms with E-state index in [-0.39, 0.29) is 48.5 Å². The monoisotopic (exact) mass is 522 g/mol. The van der Waals surface area contributed by atoms with Gasteiger partial charge in [-0.05, 0) is 55.7 Å². The van der Waals surface area contributed by atoms with E-state index in [1.54, 1.807) is 0 Å². The van der Waals surface area contributed by atoms with E-state index in [1.165, 1.54) is 18.2 Å². The fourth-order valence-electron chi connectivity index (χ4n) is 5.14. The fraction of sp³-hybridized carbons (Fsp3) is 0.520. The Morgan fingerprint density at radius 3 is 2.49 bits per heavy atom. The lowest BCUT2D eigenvalue weighted by molar-refractivity contribution is -0.145. The van der Waals surface area contributed by atoms with Gasteiger partial charge in [-0.15, -0.1) is 0 Å². The molecule has 9 nitrogen and oxygen atoms in total. The van der Waals surface area contributed by atoms with Crippen LogP contribution in [0, 0.1) is 5.41 Å². The van der Waals surface area contributed by atoms with Crippen LogP contribution in [0.3, 0.4) is 0 Å². The number of benzene rings is 1. The summed E-state index contributed by atoms with van der Waals surface area (Å²) in [4.78, 5) is 35.6. The van der Waals surface area contributed by atoms with E-state index < -0.39 is 40.5 Å². The summed E-state index contributed by atoms with van der Waals surface area (Å²) in [5, 5.41) is 15.9. The second-order valence-corrected chi connectivity index (χ2v) is 10.4. The first kappa shape index (κ1) is 26.6. The Kier molecular flexibility index (Phi) is 7.06. The molecule has 1 heterocycles. The molecule has 0 radical (unpaired) electrons. The van der Waals surface area contributed by atoms with E-state index in [4.69, 9.17) is 15.6 Å². The zero-order chi connectivity index (χ0) is 27.1. The van der Waals surface area contributed by atoms with Gasteiger partial charge in [0.1, 0.15) is 6.61 Å². The maximum absolute atomic E-state index is 13.8. The van der Waals surface area contributed by atoms with Gasteiger partial charge in [0.2, 0.25) is 0 Å². The molecule has 0 spiro atoms. The van der Waals surface area contributed by atoms with Crippen LogP contribution in [-0.2, 0) is 22.1 Å². The third-order valence-electron chi connectivity index (χ3n) is 6.80. The summed E-state index contributed by atoms with van der Waals surface area (Å²) >= 11 is 0. The molecule has 1 amide bonds. The Hall–Kier alpha value is -3.41. The predicted molar refractivity (Wildman–Crippen MR) is 127 cm³/mol. The molecule has 4 rings (SSSR count). The molecular weight excluding hydrogens is 493 g/mol. The number of ketones is 1. The molecule has 2 aliphatic rings.